The number of carbonyl (C=O) groups is 1. The quantitative estimate of drug-likeness (QED) is 0.398. The molecule has 5 atom stereocenters. The third-order valence-electron chi connectivity index (χ3n) is 2.38. The molecule has 2 heterocycles. The van der Waals surface area contributed by atoms with Crippen molar-refractivity contribution < 1.29 is 29.6 Å². The lowest BCUT2D eigenvalue weighted by molar-refractivity contribution is -0.142. The molecule has 0 aromatic carbocycles. The predicted octanol–water partition coefficient (Wildman–Crippen LogP) is -2.47. The number of alkyl carbamates (subject to hydrolysis) is 1. The zero-order chi connectivity index (χ0) is 10.3. The molecule has 2 fully saturated rings. The summed E-state index contributed by atoms with van der Waals surface area (Å²) in [7, 11) is 0. The van der Waals surface area contributed by atoms with E-state index in [1.807, 2.05) is 0 Å². The Balaban J connectivity index is 2.11. The van der Waals surface area contributed by atoms with Crippen molar-refractivity contribution in [1.29, 1.82) is 0 Å². The topological polar surface area (TPSA) is 108 Å². The highest BCUT2D eigenvalue weighted by Gasteiger charge is 2.53. The van der Waals surface area contributed by atoms with E-state index in [2.05, 4.69) is 5.32 Å². The molecular weight excluding hydrogens is 194 g/mol. The Kier molecular flexibility index (Phi) is 2.31. The first-order valence-corrected chi connectivity index (χ1v) is 4.23. The van der Waals surface area contributed by atoms with Crippen LogP contribution in [0.4, 0.5) is 4.79 Å². The van der Waals surface area contributed by atoms with Gasteiger partial charge in [0.1, 0.15) is 18.2 Å². The molecule has 0 aliphatic carbocycles. The summed E-state index contributed by atoms with van der Waals surface area (Å²) in [4.78, 5) is 10.8. The average molecular weight is 205 g/mol. The number of amides is 1. The van der Waals surface area contributed by atoms with Crippen LogP contribution in [0.5, 0.6) is 0 Å². The van der Waals surface area contributed by atoms with Crippen molar-refractivity contribution in [3.63, 3.8) is 0 Å². The van der Waals surface area contributed by atoms with Crippen LogP contribution >= 0.6 is 0 Å². The van der Waals surface area contributed by atoms with E-state index in [4.69, 9.17) is 14.6 Å². The Bertz CT molecular complexity index is 246. The highest BCUT2D eigenvalue weighted by molar-refractivity contribution is 5.70. The number of aliphatic hydroxyl groups is 3. The molecule has 0 bridgehead atoms. The summed E-state index contributed by atoms with van der Waals surface area (Å²) in [6, 6.07) is -0.673. The van der Waals surface area contributed by atoms with Gasteiger partial charge in [-0.1, -0.05) is 0 Å². The van der Waals surface area contributed by atoms with Gasteiger partial charge < -0.3 is 30.1 Å². The summed E-state index contributed by atoms with van der Waals surface area (Å²) in [6.45, 7) is -0.516. The molecule has 7 heteroatoms. The van der Waals surface area contributed by atoms with Crippen LogP contribution in [-0.4, -0.2) is 58.7 Å². The summed E-state index contributed by atoms with van der Waals surface area (Å²) >= 11 is 0. The number of rotatable bonds is 2. The van der Waals surface area contributed by atoms with Crippen LogP contribution in [-0.2, 0) is 9.47 Å². The molecule has 2 rings (SSSR count). The molecule has 0 radical (unpaired) electrons. The zero-order valence-corrected chi connectivity index (χ0v) is 7.16. The normalized spacial score (nSPS) is 42.9. The van der Waals surface area contributed by atoms with Gasteiger partial charge in [-0.3, -0.25) is 0 Å². The fourth-order valence-corrected chi connectivity index (χ4v) is 1.69. The third-order valence-corrected chi connectivity index (χ3v) is 2.38. The molecule has 0 spiro atoms. The molecule has 14 heavy (non-hydrogen) atoms. The number of fused-ring (bicyclic) bond motifs is 1. The first kappa shape index (κ1) is 9.66. The van der Waals surface area contributed by atoms with Crippen molar-refractivity contribution in [3.05, 3.63) is 0 Å². The first-order valence-electron chi connectivity index (χ1n) is 4.23. The molecule has 0 unspecified atom stereocenters. The van der Waals surface area contributed by atoms with E-state index in [0.29, 0.717) is 0 Å². The van der Waals surface area contributed by atoms with Crippen LogP contribution in [0, 0.1) is 0 Å². The lowest BCUT2D eigenvalue weighted by atomic mass is 10.1. The summed E-state index contributed by atoms with van der Waals surface area (Å²) < 4.78 is 9.72. The summed E-state index contributed by atoms with van der Waals surface area (Å²) in [5, 5.41) is 29.7. The molecule has 7 nitrogen and oxygen atoms in total. The fraction of sp³-hybridized carbons (Fsp3) is 0.857. The Labute approximate surface area is 79.2 Å². The van der Waals surface area contributed by atoms with E-state index in [1.54, 1.807) is 0 Å². The van der Waals surface area contributed by atoms with Gasteiger partial charge in [0, 0.05) is 0 Å². The number of hydrogen-bond acceptors (Lipinski definition) is 6. The summed E-state index contributed by atoms with van der Waals surface area (Å²) in [5.41, 5.74) is 0. The summed E-state index contributed by atoms with van der Waals surface area (Å²) in [6.07, 6.45) is -4.68. The lowest BCUT2D eigenvalue weighted by Crippen LogP contribution is -2.41. The maximum Gasteiger partial charge on any atom is 0.408 e. The van der Waals surface area contributed by atoms with Gasteiger partial charge in [-0.05, 0) is 0 Å². The van der Waals surface area contributed by atoms with Crippen LogP contribution in [0.2, 0.25) is 0 Å². The Hall–Kier alpha value is -0.890. The van der Waals surface area contributed by atoms with E-state index < -0.39 is 43.3 Å². The van der Waals surface area contributed by atoms with Crippen LogP contribution in [0.25, 0.3) is 0 Å². The van der Waals surface area contributed by atoms with Crippen molar-refractivity contribution in [2.45, 2.75) is 30.6 Å². The fourth-order valence-electron chi connectivity index (χ4n) is 1.69. The van der Waals surface area contributed by atoms with E-state index >= 15 is 0 Å². The highest BCUT2D eigenvalue weighted by atomic mass is 16.7. The third kappa shape index (κ3) is 1.34. The van der Waals surface area contributed by atoms with Gasteiger partial charge in [-0.2, -0.15) is 0 Å². The van der Waals surface area contributed by atoms with Crippen molar-refractivity contribution in [2.75, 3.05) is 6.61 Å². The lowest BCUT2D eigenvalue weighted by Gasteiger charge is -2.19. The smallest absolute Gasteiger partial charge is 0.408 e. The Morgan fingerprint density at radius 3 is 2.93 bits per heavy atom. The highest BCUT2D eigenvalue weighted by Crippen LogP contribution is 2.28. The van der Waals surface area contributed by atoms with Crippen LogP contribution < -0.4 is 5.32 Å². The molecule has 4 N–H and O–H groups in total. The van der Waals surface area contributed by atoms with Gasteiger partial charge in [0.2, 0.25) is 0 Å². The number of aliphatic hydroxyl groups excluding tert-OH is 3. The molecule has 2 aliphatic rings. The van der Waals surface area contributed by atoms with E-state index in [0.717, 1.165) is 0 Å². The minimum absolute atomic E-state index is 0.516. The average Bonchev–Trinajstić information content (AvgIpc) is 2.65. The first-order chi connectivity index (χ1) is 6.63. The van der Waals surface area contributed by atoms with Crippen LogP contribution in [0.15, 0.2) is 0 Å². The maximum atomic E-state index is 10.8. The Morgan fingerprint density at radius 1 is 1.57 bits per heavy atom. The predicted molar refractivity (Wildman–Crippen MR) is 41.2 cm³/mol. The maximum absolute atomic E-state index is 10.8. The van der Waals surface area contributed by atoms with E-state index in [1.165, 1.54) is 0 Å². The van der Waals surface area contributed by atoms with Gasteiger partial charge in [0.05, 0.1) is 6.61 Å². The molecule has 0 saturated carbocycles. The molecule has 2 aliphatic heterocycles. The largest absolute Gasteiger partial charge is 0.441 e. The van der Waals surface area contributed by atoms with Gasteiger partial charge >= 0.3 is 6.09 Å². The van der Waals surface area contributed by atoms with Gasteiger partial charge in [-0.15, -0.1) is 0 Å². The minimum atomic E-state index is -1.21. The SMILES string of the molecule is O=C1N[C@H]2[C@@H](O1)[C@@H]([C@H](O)CO)O[C@@H]2O. The second-order valence-electron chi connectivity index (χ2n) is 3.28. The minimum Gasteiger partial charge on any atom is -0.441 e. The summed E-state index contributed by atoms with van der Waals surface area (Å²) in [5.74, 6) is 0. The number of hydrogen-bond donors (Lipinski definition) is 4. The van der Waals surface area contributed by atoms with Gasteiger partial charge in [0.15, 0.2) is 12.4 Å². The monoisotopic (exact) mass is 205 g/mol. The molecule has 0 aromatic rings. The second-order valence-corrected chi connectivity index (χ2v) is 3.28. The standard InChI is InChI=1S/C7H11NO6/c9-1-2(10)4-5-3(6(11)13-4)8-7(12)14-5/h2-6,9-11H,1H2,(H,8,12)/t2-,3+,4-,5-,6+/m1/s1. The molecule has 1 amide bonds. The zero-order valence-electron chi connectivity index (χ0n) is 7.16. The van der Waals surface area contributed by atoms with Crippen molar-refractivity contribution in [2.24, 2.45) is 0 Å². The van der Waals surface area contributed by atoms with E-state index in [9.17, 15) is 15.0 Å². The van der Waals surface area contributed by atoms with Gasteiger partial charge in [0.25, 0.3) is 0 Å². The van der Waals surface area contributed by atoms with Gasteiger partial charge in [-0.25, -0.2) is 4.79 Å². The van der Waals surface area contributed by atoms with Crippen molar-refractivity contribution in [3.8, 4) is 0 Å². The van der Waals surface area contributed by atoms with E-state index in [-0.39, 0.29) is 0 Å². The molecular formula is C7H11NO6. The molecule has 2 saturated heterocycles. The molecule has 0 aromatic heterocycles. The van der Waals surface area contributed by atoms with Crippen LogP contribution in [0.1, 0.15) is 0 Å². The molecule has 80 valence electrons. The van der Waals surface area contributed by atoms with Crippen molar-refractivity contribution >= 4 is 6.09 Å². The number of carbonyl (C=O) groups excluding carboxylic acids is 1. The van der Waals surface area contributed by atoms with Crippen LogP contribution in [0.3, 0.4) is 0 Å². The number of ether oxygens (including phenoxy) is 2. The van der Waals surface area contributed by atoms with Crippen molar-refractivity contribution in [1.82, 2.24) is 5.32 Å². The Morgan fingerprint density at radius 2 is 2.29 bits per heavy atom. The second kappa shape index (κ2) is 3.35. The number of nitrogens with one attached hydrogen (secondary N) is 1.